The molecule has 122 valence electrons. The second-order valence-electron chi connectivity index (χ2n) is 5.22. The van der Waals surface area contributed by atoms with E-state index >= 15 is 0 Å². The van der Waals surface area contributed by atoms with E-state index in [0.29, 0.717) is 22.4 Å². The van der Waals surface area contributed by atoms with Crippen LogP contribution < -0.4 is 10.6 Å². The number of carbonyl (C=O) groups is 2. The van der Waals surface area contributed by atoms with Crippen molar-refractivity contribution in [1.82, 2.24) is 10.6 Å². The number of carbonyl (C=O) groups excluding carboxylic acids is 2. The summed E-state index contributed by atoms with van der Waals surface area (Å²) in [5, 5.41) is 5.81. The van der Waals surface area contributed by atoms with Crippen molar-refractivity contribution in [2.45, 2.75) is 6.54 Å². The van der Waals surface area contributed by atoms with Crippen molar-refractivity contribution in [3.63, 3.8) is 0 Å². The van der Waals surface area contributed by atoms with Crippen LogP contribution in [0.15, 0.2) is 48.5 Å². The number of rotatable bonds is 4. The second-order valence-corrected chi connectivity index (χ2v) is 6.31. The summed E-state index contributed by atoms with van der Waals surface area (Å²) in [7, 11) is 1.57. The van der Waals surface area contributed by atoms with Gasteiger partial charge in [-0.2, -0.15) is 0 Å². The zero-order valence-electron chi connectivity index (χ0n) is 12.9. The molecular formula is C18H15FN2O2S. The van der Waals surface area contributed by atoms with Gasteiger partial charge in [0, 0.05) is 29.2 Å². The van der Waals surface area contributed by atoms with Gasteiger partial charge in [0.25, 0.3) is 11.8 Å². The first kappa shape index (κ1) is 16.1. The lowest BCUT2D eigenvalue weighted by Gasteiger charge is -2.06. The molecule has 1 aromatic heterocycles. The zero-order valence-corrected chi connectivity index (χ0v) is 13.7. The van der Waals surface area contributed by atoms with E-state index in [1.807, 2.05) is 6.07 Å². The molecule has 3 aromatic rings. The van der Waals surface area contributed by atoms with Crippen molar-refractivity contribution in [2.24, 2.45) is 0 Å². The molecule has 0 spiro atoms. The van der Waals surface area contributed by atoms with Crippen molar-refractivity contribution in [1.29, 1.82) is 0 Å². The first-order chi connectivity index (χ1) is 11.6. The van der Waals surface area contributed by atoms with Gasteiger partial charge in [-0.05, 0) is 35.9 Å². The lowest BCUT2D eigenvalue weighted by molar-refractivity contribution is 0.0952. The summed E-state index contributed by atoms with van der Waals surface area (Å²) >= 11 is 1.25. The molecule has 2 aromatic carbocycles. The normalized spacial score (nSPS) is 10.6. The van der Waals surface area contributed by atoms with Crippen molar-refractivity contribution < 1.29 is 14.0 Å². The Labute approximate surface area is 142 Å². The molecule has 2 N–H and O–H groups in total. The Morgan fingerprint density at radius 2 is 1.88 bits per heavy atom. The quantitative estimate of drug-likeness (QED) is 0.764. The molecule has 4 nitrogen and oxygen atoms in total. The standard InChI is InChI=1S/C18H15FN2O2S/c1-20-17(22)12-5-2-4-11(8-12)10-21-18(23)16-9-13-14(19)6-3-7-15(13)24-16/h2-9H,10H2,1H3,(H,20,22)(H,21,23). The molecule has 0 unspecified atom stereocenters. The molecule has 0 saturated carbocycles. The van der Waals surface area contributed by atoms with E-state index in [1.54, 1.807) is 43.4 Å². The Bertz CT molecular complexity index is 920. The second kappa shape index (κ2) is 6.80. The first-order valence-corrected chi connectivity index (χ1v) is 8.17. The highest BCUT2D eigenvalue weighted by Gasteiger charge is 2.12. The molecule has 2 amide bonds. The molecular weight excluding hydrogens is 327 g/mol. The lowest BCUT2D eigenvalue weighted by atomic mass is 10.1. The van der Waals surface area contributed by atoms with Crippen LogP contribution in [0.3, 0.4) is 0 Å². The van der Waals surface area contributed by atoms with E-state index in [2.05, 4.69) is 10.6 Å². The van der Waals surface area contributed by atoms with Gasteiger partial charge in [-0.15, -0.1) is 11.3 Å². The van der Waals surface area contributed by atoms with Crippen LogP contribution in [0.1, 0.15) is 25.6 Å². The van der Waals surface area contributed by atoms with Crippen LogP contribution in [0.5, 0.6) is 0 Å². The summed E-state index contributed by atoms with van der Waals surface area (Å²) < 4.78 is 14.4. The fourth-order valence-corrected chi connectivity index (χ4v) is 3.37. The van der Waals surface area contributed by atoms with Crippen molar-refractivity contribution in [3.8, 4) is 0 Å². The number of benzene rings is 2. The van der Waals surface area contributed by atoms with Crippen LogP contribution in [-0.2, 0) is 6.54 Å². The molecule has 0 bridgehead atoms. The van der Waals surface area contributed by atoms with Gasteiger partial charge in [0.2, 0.25) is 0 Å². The number of fused-ring (bicyclic) bond motifs is 1. The van der Waals surface area contributed by atoms with Gasteiger partial charge in [0.1, 0.15) is 5.82 Å². The summed E-state index contributed by atoms with van der Waals surface area (Å²) in [6.07, 6.45) is 0. The Hall–Kier alpha value is -2.73. The highest BCUT2D eigenvalue weighted by Crippen LogP contribution is 2.27. The van der Waals surface area contributed by atoms with E-state index in [0.717, 1.165) is 10.3 Å². The fourth-order valence-electron chi connectivity index (χ4n) is 2.37. The van der Waals surface area contributed by atoms with Crippen LogP contribution >= 0.6 is 11.3 Å². The lowest BCUT2D eigenvalue weighted by Crippen LogP contribution is -2.22. The van der Waals surface area contributed by atoms with Crippen LogP contribution in [0.2, 0.25) is 0 Å². The fraction of sp³-hybridized carbons (Fsp3) is 0.111. The van der Waals surface area contributed by atoms with Gasteiger partial charge in [0.15, 0.2) is 0 Å². The highest BCUT2D eigenvalue weighted by atomic mass is 32.1. The summed E-state index contributed by atoms with van der Waals surface area (Å²) in [5.41, 5.74) is 1.35. The molecule has 0 aliphatic carbocycles. The van der Waals surface area contributed by atoms with E-state index in [4.69, 9.17) is 0 Å². The minimum atomic E-state index is -0.332. The molecule has 0 fully saturated rings. The molecule has 0 radical (unpaired) electrons. The zero-order chi connectivity index (χ0) is 17.1. The third-order valence-corrected chi connectivity index (χ3v) is 4.70. The average Bonchev–Trinajstić information content (AvgIpc) is 3.05. The summed E-state index contributed by atoms with van der Waals surface area (Å²) in [5.74, 6) is -0.773. The third kappa shape index (κ3) is 3.28. The Morgan fingerprint density at radius 3 is 2.62 bits per heavy atom. The van der Waals surface area contributed by atoms with Gasteiger partial charge in [-0.3, -0.25) is 9.59 Å². The number of hydrogen-bond donors (Lipinski definition) is 2. The molecule has 6 heteroatoms. The average molecular weight is 342 g/mol. The first-order valence-electron chi connectivity index (χ1n) is 7.36. The number of hydrogen-bond acceptors (Lipinski definition) is 3. The van der Waals surface area contributed by atoms with Crippen LogP contribution in [-0.4, -0.2) is 18.9 Å². The minimum absolute atomic E-state index is 0.178. The SMILES string of the molecule is CNC(=O)c1cccc(CNC(=O)c2cc3c(F)cccc3s2)c1. The topological polar surface area (TPSA) is 58.2 Å². The van der Waals surface area contributed by atoms with Crippen LogP contribution in [0, 0.1) is 5.82 Å². The smallest absolute Gasteiger partial charge is 0.261 e. The number of thiophene rings is 1. The molecule has 3 rings (SSSR count). The predicted molar refractivity (Wildman–Crippen MR) is 92.8 cm³/mol. The maximum Gasteiger partial charge on any atom is 0.261 e. The van der Waals surface area contributed by atoms with Gasteiger partial charge < -0.3 is 10.6 Å². The Kier molecular flexibility index (Phi) is 4.57. The Morgan fingerprint density at radius 1 is 1.08 bits per heavy atom. The molecule has 1 heterocycles. The van der Waals surface area contributed by atoms with E-state index in [9.17, 15) is 14.0 Å². The molecule has 0 saturated heterocycles. The predicted octanol–water partition coefficient (Wildman–Crippen LogP) is 3.33. The van der Waals surface area contributed by atoms with E-state index in [-0.39, 0.29) is 17.6 Å². The molecule has 0 aliphatic rings. The monoisotopic (exact) mass is 342 g/mol. The van der Waals surface area contributed by atoms with Crippen LogP contribution in [0.4, 0.5) is 4.39 Å². The van der Waals surface area contributed by atoms with Crippen molar-refractivity contribution >= 4 is 33.2 Å². The minimum Gasteiger partial charge on any atom is -0.355 e. The van der Waals surface area contributed by atoms with Gasteiger partial charge in [-0.1, -0.05) is 18.2 Å². The Balaban J connectivity index is 1.73. The maximum absolute atomic E-state index is 13.7. The van der Waals surface area contributed by atoms with E-state index < -0.39 is 0 Å². The number of nitrogens with one attached hydrogen (secondary N) is 2. The van der Waals surface area contributed by atoms with Gasteiger partial charge >= 0.3 is 0 Å². The summed E-state index contributed by atoms with van der Waals surface area (Å²) in [4.78, 5) is 24.4. The van der Waals surface area contributed by atoms with Crippen molar-refractivity contribution in [3.05, 3.63) is 70.4 Å². The largest absolute Gasteiger partial charge is 0.355 e. The van der Waals surface area contributed by atoms with Gasteiger partial charge in [0.05, 0.1) is 4.88 Å². The highest BCUT2D eigenvalue weighted by molar-refractivity contribution is 7.20. The maximum atomic E-state index is 13.7. The van der Waals surface area contributed by atoms with E-state index in [1.165, 1.54) is 17.4 Å². The number of amides is 2. The summed E-state index contributed by atoms with van der Waals surface area (Å²) in [6.45, 7) is 0.292. The summed E-state index contributed by atoms with van der Waals surface area (Å²) in [6, 6.07) is 13.4. The molecule has 0 aliphatic heterocycles. The van der Waals surface area contributed by atoms with Crippen LogP contribution in [0.25, 0.3) is 10.1 Å². The third-order valence-electron chi connectivity index (χ3n) is 3.60. The number of halogens is 1. The van der Waals surface area contributed by atoms with Crippen molar-refractivity contribution in [2.75, 3.05) is 7.05 Å². The molecule has 24 heavy (non-hydrogen) atoms. The van der Waals surface area contributed by atoms with Gasteiger partial charge in [-0.25, -0.2) is 4.39 Å². The molecule has 0 atom stereocenters.